The van der Waals surface area contributed by atoms with Crippen molar-refractivity contribution in [3.05, 3.63) is 58.2 Å². The van der Waals surface area contributed by atoms with Crippen LogP contribution in [0.5, 0.6) is 0 Å². The van der Waals surface area contributed by atoms with E-state index >= 15 is 0 Å². The van der Waals surface area contributed by atoms with Crippen LogP contribution in [0.1, 0.15) is 18.1 Å². The summed E-state index contributed by atoms with van der Waals surface area (Å²) in [5.74, 6) is 0.471. The Labute approximate surface area is 115 Å². The van der Waals surface area contributed by atoms with E-state index in [2.05, 4.69) is 20.9 Å². The standard InChI is InChI=1S/C14H15BrN2O/c1-14(18,11-2-4-12(15)5-3-11)9-10-6-7-17-13(16)8-10/h2-8,18H,9H2,1H3,(H2,16,17). The number of anilines is 1. The van der Waals surface area contributed by atoms with Crippen molar-refractivity contribution in [1.82, 2.24) is 4.98 Å². The molecule has 3 nitrogen and oxygen atoms in total. The van der Waals surface area contributed by atoms with E-state index in [1.807, 2.05) is 30.3 Å². The molecule has 0 fully saturated rings. The molecule has 1 atom stereocenters. The zero-order chi connectivity index (χ0) is 13.2. The van der Waals surface area contributed by atoms with E-state index in [0.717, 1.165) is 15.6 Å². The third-order valence-electron chi connectivity index (χ3n) is 2.86. The van der Waals surface area contributed by atoms with E-state index in [0.29, 0.717) is 12.2 Å². The lowest BCUT2D eigenvalue weighted by Crippen LogP contribution is -2.24. The van der Waals surface area contributed by atoms with Gasteiger partial charge in [-0.1, -0.05) is 28.1 Å². The van der Waals surface area contributed by atoms with Gasteiger partial charge in [0.15, 0.2) is 0 Å². The maximum atomic E-state index is 10.5. The molecule has 0 aliphatic heterocycles. The molecular formula is C14H15BrN2O. The Morgan fingerprint density at radius 2 is 1.94 bits per heavy atom. The molecule has 0 radical (unpaired) electrons. The molecule has 0 spiro atoms. The number of nitrogen functional groups attached to an aromatic ring is 1. The number of aromatic nitrogens is 1. The zero-order valence-electron chi connectivity index (χ0n) is 10.1. The van der Waals surface area contributed by atoms with Crippen LogP contribution in [-0.2, 0) is 12.0 Å². The minimum atomic E-state index is -0.922. The molecule has 0 amide bonds. The Morgan fingerprint density at radius 3 is 2.56 bits per heavy atom. The van der Waals surface area contributed by atoms with Crippen molar-refractivity contribution >= 4 is 21.7 Å². The molecule has 0 saturated carbocycles. The minimum absolute atomic E-state index is 0.471. The molecule has 94 valence electrons. The molecule has 0 aliphatic rings. The first-order valence-electron chi connectivity index (χ1n) is 5.66. The molecule has 0 saturated heterocycles. The number of rotatable bonds is 3. The number of nitrogens with zero attached hydrogens (tertiary/aromatic N) is 1. The summed E-state index contributed by atoms with van der Waals surface area (Å²) < 4.78 is 0.996. The topological polar surface area (TPSA) is 59.1 Å². The van der Waals surface area contributed by atoms with Crippen LogP contribution >= 0.6 is 15.9 Å². The van der Waals surface area contributed by atoms with E-state index in [9.17, 15) is 5.11 Å². The average Bonchev–Trinajstić information content (AvgIpc) is 2.29. The second-order valence-electron chi connectivity index (χ2n) is 4.55. The van der Waals surface area contributed by atoms with Crippen molar-refractivity contribution < 1.29 is 5.11 Å². The number of benzene rings is 1. The fourth-order valence-corrected chi connectivity index (χ4v) is 2.18. The van der Waals surface area contributed by atoms with Crippen LogP contribution in [0.2, 0.25) is 0 Å². The summed E-state index contributed by atoms with van der Waals surface area (Å²) in [6.45, 7) is 1.80. The number of hydrogen-bond donors (Lipinski definition) is 2. The van der Waals surface area contributed by atoms with Gasteiger partial charge < -0.3 is 10.8 Å². The van der Waals surface area contributed by atoms with Gasteiger partial charge in [-0.15, -0.1) is 0 Å². The van der Waals surface area contributed by atoms with Crippen LogP contribution < -0.4 is 5.73 Å². The molecule has 3 N–H and O–H groups in total. The maximum absolute atomic E-state index is 10.5. The van der Waals surface area contributed by atoms with Crippen LogP contribution in [0.15, 0.2) is 47.1 Å². The van der Waals surface area contributed by atoms with Gasteiger partial charge in [0.2, 0.25) is 0 Å². The van der Waals surface area contributed by atoms with Crippen LogP contribution in [0.3, 0.4) is 0 Å². The summed E-state index contributed by atoms with van der Waals surface area (Å²) >= 11 is 3.38. The van der Waals surface area contributed by atoms with Crippen molar-refractivity contribution in [3.63, 3.8) is 0 Å². The quantitative estimate of drug-likeness (QED) is 0.916. The van der Waals surface area contributed by atoms with Crippen LogP contribution in [0, 0.1) is 0 Å². The third kappa shape index (κ3) is 3.09. The lowest BCUT2D eigenvalue weighted by atomic mass is 9.89. The highest BCUT2D eigenvalue weighted by Gasteiger charge is 2.23. The summed E-state index contributed by atoms with van der Waals surface area (Å²) in [5.41, 5.74) is 6.56. The molecule has 0 aliphatic carbocycles. The summed E-state index contributed by atoms with van der Waals surface area (Å²) in [7, 11) is 0. The first-order valence-corrected chi connectivity index (χ1v) is 6.45. The van der Waals surface area contributed by atoms with E-state index < -0.39 is 5.60 Å². The molecule has 2 aromatic rings. The van der Waals surface area contributed by atoms with Gasteiger partial charge in [0.05, 0.1) is 5.60 Å². The molecule has 1 heterocycles. The van der Waals surface area contributed by atoms with Gasteiger partial charge in [0.1, 0.15) is 5.82 Å². The first kappa shape index (κ1) is 13.1. The third-order valence-corrected chi connectivity index (χ3v) is 3.39. The van der Waals surface area contributed by atoms with E-state index in [1.54, 1.807) is 19.2 Å². The van der Waals surface area contributed by atoms with Gasteiger partial charge in [-0.05, 0) is 42.3 Å². The van der Waals surface area contributed by atoms with Crippen molar-refractivity contribution in [2.45, 2.75) is 18.9 Å². The number of nitrogens with two attached hydrogens (primary N) is 1. The van der Waals surface area contributed by atoms with Crippen molar-refractivity contribution in [2.75, 3.05) is 5.73 Å². The largest absolute Gasteiger partial charge is 0.385 e. The average molecular weight is 307 g/mol. The lowest BCUT2D eigenvalue weighted by Gasteiger charge is -2.24. The second kappa shape index (κ2) is 5.08. The van der Waals surface area contributed by atoms with E-state index in [-0.39, 0.29) is 0 Å². The fraction of sp³-hybridized carbons (Fsp3) is 0.214. The lowest BCUT2D eigenvalue weighted by molar-refractivity contribution is 0.0576. The summed E-state index contributed by atoms with van der Waals surface area (Å²) in [6.07, 6.45) is 2.16. The van der Waals surface area contributed by atoms with Gasteiger partial charge in [-0.2, -0.15) is 0 Å². The molecule has 1 unspecified atom stereocenters. The highest BCUT2D eigenvalue weighted by atomic mass is 79.9. The fourth-order valence-electron chi connectivity index (χ4n) is 1.91. The van der Waals surface area contributed by atoms with Crippen molar-refractivity contribution in [2.24, 2.45) is 0 Å². The van der Waals surface area contributed by atoms with E-state index in [1.165, 1.54) is 0 Å². The van der Waals surface area contributed by atoms with Gasteiger partial charge in [-0.25, -0.2) is 4.98 Å². The van der Waals surface area contributed by atoms with Gasteiger partial charge in [-0.3, -0.25) is 0 Å². The monoisotopic (exact) mass is 306 g/mol. The summed E-state index contributed by atoms with van der Waals surface area (Å²) in [5, 5.41) is 10.5. The highest BCUT2D eigenvalue weighted by Crippen LogP contribution is 2.26. The molecule has 0 bridgehead atoms. The maximum Gasteiger partial charge on any atom is 0.123 e. The van der Waals surface area contributed by atoms with Crippen molar-refractivity contribution in [3.8, 4) is 0 Å². The summed E-state index contributed by atoms with van der Waals surface area (Å²) in [6, 6.07) is 11.3. The van der Waals surface area contributed by atoms with Gasteiger partial charge >= 0.3 is 0 Å². The smallest absolute Gasteiger partial charge is 0.123 e. The van der Waals surface area contributed by atoms with Crippen LogP contribution in [-0.4, -0.2) is 10.1 Å². The molecule has 1 aromatic heterocycles. The predicted molar refractivity (Wildman–Crippen MR) is 76.1 cm³/mol. The number of aliphatic hydroxyl groups is 1. The predicted octanol–water partition coefficient (Wildman–Crippen LogP) is 2.88. The molecule has 18 heavy (non-hydrogen) atoms. The molecular weight excluding hydrogens is 292 g/mol. The molecule has 1 aromatic carbocycles. The van der Waals surface area contributed by atoms with Gasteiger partial charge in [0, 0.05) is 17.1 Å². The molecule has 2 rings (SSSR count). The zero-order valence-corrected chi connectivity index (χ0v) is 11.7. The van der Waals surface area contributed by atoms with E-state index in [4.69, 9.17) is 5.73 Å². The Hall–Kier alpha value is -1.39. The first-order chi connectivity index (χ1) is 8.47. The Balaban J connectivity index is 2.23. The highest BCUT2D eigenvalue weighted by molar-refractivity contribution is 9.10. The van der Waals surface area contributed by atoms with Crippen LogP contribution in [0.4, 0.5) is 5.82 Å². The van der Waals surface area contributed by atoms with Crippen LogP contribution in [0.25, 0.3) is 0 Å². The van der Waals surface area contributed by atoms with Gasteiger partial charge in [0.25, 0.3) is 0 Å². The summed E-state index contributed by atoms with van der Waals surface area (Å²) in [4.78, 5) is 3.94. The minimum Gasteiger partial charge on any atom is -0.385 e. The van der Waals surface area contributed by atoms with Crippen molar-refractivity contribution in [1.29, 1.82) is 0 Å². The number of pyridine rings is 1. The number of hydrogen-bond acceptors (Lipinski definition) is 3. The SMILES string of the molecule is CC(O)(Cc1ccnc(N)c1)c1ccc(Br)cc1. The Morgan fingerprint density at radius 1 is 1.28 bits per heavy atom. The normalized spacial score (nSPS) is 14.2. The molecule has 4 heteroatoms. The number of halogens is 1. The second-order valence-corrected chi connectivity index (χ2v) is 5.46. The Bertz CT molecular complexity index is 538. The Kier molecular flexibility index (Phi) is 3.68.